The van der Waals surface area contributed by atoms with Gasteiger partial charge in [0.15, 0.2) is 5.69 Å². The molecule has 0 unspecified atom stereocenters. The van der Waals surface area contributed by atoms with E-state index in [4.69, 9.17) is 5.73 Å². The highest BCUT2D eigenvalue weighted by Crippen LogP contribution is 2.32. The van der Waals surface area contributed by atoms with Crippen LogP contribution in [0.2, 0.25) is 0 Å². The van der Waals surface area contributed by atoms with Crippen LogP contribution in [0.1, 0.15) is 16.8 Å². The average Bonchev–Trinajstić information content (AvgIpc) is 2.86. The topological polar surface area (TPSA) is 43.8 Å². The van der Waals surface area contributed by atoms with Gasteiger partial charge >= 0.3 is 12.4 Å². The fourth-order valence-electron chi connectivity index (χ4n) is 1.76. The Morgan fingerprint density at radius 1 is 1.00 bits per heavy atom. The monoisotopic (exact) mass is 309 g/mol. The summed E-state index contributed by atoms with van der Waals surface area (Å²) in [6.45, 7) is -0.263. The molecule has 9 heteroatoms. The van der Waals surface area contributed by atoms with Gasteiger partial charge in [0.25, 0.3) is 0 Å². The molecule has 2 aromatic rings. The number of nitrogens with zero attached hydrogens (tertiary/aromatic N) is 2. The van der Waals surface area contributed by atoms with Crippen LogP contribution < -0.4 is 5.73 Å². The van der Waals surface area contributed by atoms with E-state index in [1.54, 1.807) is 0 Å². The second kappa shape index (κ2) is 5.06. The maximum absolute atomic E-state index is 12.6. The Hall–Kier alpha value is -2.03. The van der Waals surface area contributed by atoms with Crippen molar-refractivity contribution in [3.05, 3.63) is 47.3 Å². The number of hydrogen-bond donors (Lipinski definition) is 1. The van der Waals surface area contributed by atoms with Gasteiger partial charge < -0.3 is 5.73 Å². The summed E-state index contributed by atoms with van der Waals surface area (Å²) in [6.07, 6.45) is -8.16. The fourth-order valence-corrected chi connectivity index (χ4v) is 1.76. The van der Waals surface area contributed by atoms with Crippen molar-refractivity contribution in [3.8, 4) is 5.69 Å². The lowest BCUT2D eigenvalue weighted by atomic mass is 10.1. The Balaban J connectivity index is 2.47. The van der Waals surface area contributed by atoms with Crippen LogP contribution in [0, 0.1) is 0 Å². The van der Waals surface area contributed by atoms with Crippen molar-refractivity contribution >= 4 is 0 Å². The summed E-state index contributed by atoms with van der Waals surface area (Å²) in [5, 5.41) is 3.31. The van der Waals surface area contributed by atoms with Gasteiger partial charge in [-0.3, -0.25) is 0 Å². The molecule has 2 rings (SSSR count). The predicted octanol–water partition coefficient (Wildman–Crippen LogP) is 3.37. The van der Waals surface area contributed by atoms with Crippen LogP contribution in [-0.2, 0) is 18.9 Å². The van der Waals surface area contributed by atoms with E-state index in [9.17, 15) is 26.3 Å². The molecule has 1 aromatic heterocycles. The highest BCUT2D eigenvalue weighted by atomic mass is 19.4. The zero-order valence-corrected chi connectivity index (χ0v) is 10.3. The molecule has 0 aliphatic heterocycles. The Morgan fingerprint density at radius 3 is 2.14 bits per heavy atom. The molecule has 114 valence electrons. The SMILES string of the molecule is NCc1cc(C(F)(F)F)ccc1-n1ccc(C(F)(F)F)n1. The molecule has 0 amide bonds. The summed E-state index contributed by atoms with van der Waals surface area (Å²) in [7, 11) is 0. The van der Waals surface area contributed by atoms with Gasteiger partial charge in [-0.2, -0.15) is 31.4 Å². The molecule has 0 spiro atoms. The highest BCUT2D eigenvalue weighted by molar-refractivity contribution is 5.44. The normalized spacial score (nSPS) is 12.7. The fraction of sp³-hybridized carbons (Fsp3) is 0.250. The van der Waals surface area contributed by atoms with E-state index in [-0.39, 0.29) is 17.8 Å². The van der Waals surface area contributed by atoms with Gasteiger partial charge in [0.05, 0.1) is 11.3 Å². The third kappa shape index (κ3) is 3.18. The first-order chi connectivity index (χ1) is 9.63. The molecular formula is C12H9F6N3. The summed E-state index contributed by atoms with van der Waals surface area (Å²) >= 11 is 0. The minimum atomic E-state index is -4.62. The Labute approximate surface area is 115 Å². The highest BCUT2D eigenvalue weighted by Gasteiger charge is 2.34. The molecule has 3 nitrogen and oxygen atoms in total. The summed E-state index contributed by atoms with van der Waals surface area (Å²) in [5.74, 6) is 0. The van der Waals surface area contributed by atoms with Crippen molar-refractivity contribution in [2.45, 2.75) is 18.9 Å². The van der Waals surface area contributed by atoms with E-state index in [0.717, 1.165) is 35.1 Å². The molecule has 0 saturated carbocycles. The summed E-state index contributed by atoms with van der Waals surface area (Å²) in [6, 6.07) is 3.34. The zero-order valence-electron chi connectivity index (χ0n) is 10.3. The predicted molar refractivity (Wildman–Crippen MR) is 61.5 cm³/mol. The first-order valence-corrected chi connectivity index (χ1v) is 5.66. The van der Waals surface area contributed by atoms with E-state index >= 15 is 0 Å². The van der Waals surface area contributed by atoms with Crippen LogP contribution in [-0.4, -0.2) is 9.78 Å². The Kier molecular flexibility index (Phi) is 3.70. The van der Waals surface area contributed by atoms with E-state index < -0.39 is 23.6 Å². The van der Waals surface area contributed by atoms with Crippen molar-refractivity contribution in [2.75, 3.05) is 0 Å². The number of alkyl halides is 6. The largest absolute Gasteiger partial charge is 0.435 e. The Bertz CT molecular complexity index is 641. The number of nitrogens with two attached hydrogens (primary N) is 1. The van der Waals surface area contributed by atoms with Crippen molar-refractivity contribution < 1.29 is 26.3 Å². The Morgan fingerprint density at radius 2 is 1.67 bits per heavy atom. The molecule has 0 radical (unpaired) electrons. The molecule has 0 fully saturated rings. The van der Waals surface area contributed by atoms with Crippen LogP contribution in [0.3, 0.4) is 0 Å². The minimum absolute atomic E-state index is 0.0432. The van der Waals surface area contributed by atoms with Crippen LogP contribution in [0.15, 0.2) is 30.5 Å². The first-order valence-electron chi connectivity index (χ1n) is 5.66. The number of hydrogen-bond acceptors (Lipinski definition) is 2. The first kappa shape index (κ1) is 15.4. The van der Waals surface area contributed by atoms with E-state index in [1.165, 1.54) is 0 Å². The van der Waals surface area contributed by atoms with Gasteiger partial charge in [0.2, 0.25) is 0 Å². The van der Waals surface area contributed by atoms with E-state index in [0.29, 0.717) is 0 Å². The molecule has 0 aliphatic carbocycles. The van der Waals surface area contributed by atoms with Gasteiger partial charge in [0, 0.05) is 12.7 Å². The minimum Gasteiger partial charge on any atom is -0.326 e. The number of aromatic nitrogens is 2. The molecule has 1 aromatic carbocycles. The maximum atomic E-state index is 12.6. The van der Waals surface area contributed by atoms with Crippen LogP contribution in [0.5, 0.6) is 0 Å². The molecule has 0 aliphatic rings. The molecule has 0 atom stereocenters. The lowest BCUT2D eigenvalue weighted by Gasteiger charge is -2.12. The van der Waals surface area contributed by atoms with Crippen molar-refractivity contribution in [3.63, 3.8) is 0 Å². The van der Waals surface area contributed by atoms with Crippen LogP contribution >= 0.6 is 0 Å². The number of benzene rings is 1. The number of halogens is 6. The van der Waals surface area contributed by atoms with Gasteiger partial charge in [-0.1, -0.05) is 0 Å². The second-order valence-corrected chi connectivity index (χ2v) is 4.19. The summed E-state index contributed by atoms with van der Waals surface area (Å²) < 4.78 is 76.0. The van der Waals surface area contributed by atoms with Gasteiger partial charge in [-0.25, -0.2) is 4.68 Å². The zero-order chi connectivity index (χ0) is 15.8. The van der Waals surface area contributed by atoms with Gasteiger partial charge in [-0.05, 0) is 29.8 Å². The van der Waals surface area contributed by atoms with Crippen molar-refractivity contribution in [1.82, 2.24) is 9.78 Å². The van der Waals surface area contributed by atoms with Gasteiger partial charge in [0.1, 0.15) is 0 Å². The second-order valence-electron chi connectivity index (χ2n) is 4.19. The van der Waals surface area contributed by atoms with E-state index in [1.807, 2.05) is 0 Å². The third-order valence-corrected chi connectivity index (χ3v) is 2.75. The summed E-state index contributed by atoms with van der Waals surface area (Å²) in [5.41, 5.74) is 3.42. The standard InChI is InChI=1S/C12H9F6N3/c13-11(14,15)8-1-2-9(7(5-8)6-19)21-4-3-10(20-21)12(16,17)18/h1-5H,6,19H2. The molecule has 0 bridgehead atoms. The molecule has 1 heterocycles. The smallest absolute Gasteiger partial charge is 0.326 e. The quantitative estimate of drug-likeness (QED) is 0.864. The maximum Gasteiger partial charge on any atom is 0.435 e. The lowest BCUT2D eigenvalue weighted by molar-refractivity contribution is -0.141. The molecule has 21 heavy (non-hydrogen) atoms. The lowest BCUT2D eigenvalue weighted by Crippen LogP contribution is -2.11. The molecule has 0 saturated heterocycles. The van der Waals surface area contributed by atoms with Crippen molar-refractivity contribution in [1.29, 1.82) is 0 Å². The van der Waals surface area contributed by atoms with Crippen LogP contribution in [0.4, 0.5) is 26.3 Å². The van der Waals surface area contributed by atoms with E-state index in [2.05, 4.69) is 5.10 Å². The third-order valence-electron chi connectivity index (χ3n) is 2.75. The van der Waals surface area contributed by atoms with Gasteiger partial charge in [-0.15, -0.1) is 0 Å². The van der Waals surface area contributed by atoms with Crippen molar-refractivity contribution in [2.24, 2.45) is 5.73 Å². The number of rotatable bonds is 2. The average molecular weight is 309 g/mol. The van der Waals surface area contributed by atoms with Crippen LogP contribution in [0.25, 0.3) is 5.69 Å². The summed E-state index contributed by atoms with van der Waals surface area (Å²) in [4.78, 5) is 0. The molecule has 2 N–H and O–H groups in total. The molecular weight excluding hydrogens is 300 g/mol.